The quantitative estimate of drug-likeness (QED) is 0.730. The van der Waals surface area contributed by atoms with E-state index in [9.17, 15) is 14.4 Å². The molecule has 1 heterocycles. The van der Waals surface area contributed by atoms with Crippen molar-refractivity contribution in [3.05, 3.63) is 59.3 Å². The highest BCUT2D eigenvalue weighted by molar-refractivity contribution is 6.34. The number of anilines is 1. The van der Waals surface area contributed by atoms with E-state index < -0.39 is 11.8 Å². The molecule has 0 fully saturated rings. The van der Waals surface area contributed by atoms with Gasteiger partial charge in [-0.15, -0.1) is 0 Å². The Morgan fingerprint density at radius 3 is 2.38 bits per heavy atom. The molecule has 0 saturated heterocycles. The summed E-state index contributed by atoms with van der Waals surface area (Å²) in [6, 6.07) is 10.4. The fraction of sp³-hybridized carbons (Fsp3) is 0.176. The molecular weight excluding hydrogens is 308 g/mol. The first kappa shape index (κ1) is 17.1. The van der Waals surface area contributed by atoms with Gasteiger partial charge in [0.1, 0.15) is 5.82 Å². The van der Waals surface area contributed by atoms with E-state index in [1.165, 1.54) is 7.05 Å². The van der Waals surface area contributed by atoms with Gasteiger partial charge in [-0.25, -0.2) is 4.98 Å². The van der Waals surface area contributed by atoms with Crippen molar-refractivity contribution >= 4 is 23.5 Å². The Hall–Kier alpha value is -3.22. The van der Waals surface area contributed by atoms with Gasteiger partial charge in [-0.05, 0) is 36.2 Å². The van der Waals surface area contributed by atoms with E-state index in [4.69, 9.17) is 0 Å². The van der Waals surface area contributed by atoms with Crippen LogP contribution < -0.4 is 16.0 Å². The molecule has 1 aromatic heterocycles. The van der Waals surface area contributed by atoms with Crippen LogP contribution in [0.1, 0.15) is 21.5 Å². The van der Waals surface area contributed by atoms with E-state index in [0.29, 0.717) is 11.4 Å². The van der Waals surface area contributed by atoms with Gasteiger partial charge in [0.25, 0.3) is 5.91 Å². The molecule has 3 amide bonds. The number of benzene rings is 1. The van der Waals surface area contributed by atoms with Gasteiger partial charge in [0.05, 0.1) is 0 Å². The van der Waals surface area contributed by atoms with E-state index in [-0.39, 0.29) is 12.5 Å². The lowest BCUT2D eigenvalue weighted by Crippen LogP contribution is -2.37. The number of pyridine rings is 1. The molecule has 3 N–H and O–H groups in total. The molecule has 1 aromatic carbocycles. The van der Waals surface area contributed by atoms with Crippen molar-refractivity contribution in [1.82, 2.24) is 15.6 Å². The normalized spacial score (nSPS) is 9.92. The number of carbonyl (C=O) groups excluding carboxylic acids is 3. The molecule has 0 aliphatic rings. The van der Waals surface area contributed by atoms with Gasteiger partial charge in [-0.3, -0.25) is 14.4 Å². The number of carbonyl (C=O) groups is 3. The summed E-state index contributed by atoms with van der Waals surface area (Å²) in [5.41, 5.74) is 2.12. The van der Waals surface area contributed by atoms with Crippen molar-refractivity contribution < 1.29 is 14.4 Å². The standard InChI is InChI=1S/C17H18N4O3/c1-11-4-3-9-19-14(11)21-15(22)13-7-5-12(6-8-13)10-20-17(24)16(23)18-2/h3-9H,10H2,1-2H3,(H,18,23)(H,20,24)(H,19,21,22). The summed E-state index contributed by atoms with van der Waals surface area (Å²) in [7, 11) is 1.39. The maximum atomic E-state index is 12.2. The van der Waals surface area contributed by atoms with Crippen LogP contribution in [0.15, 0.2) is 42.6 Å². The first-order chi connectivity index (χ1) is 11.5. The largest absolute Gasteiger partial charge is 0.351 e. The number of rotatable bonds is 4. The van der Waals surface area contributed by atoms with E-state index in [2.05, 4.69) is 20.9 Å². The molecule has 7 nitrogen and oxygen atoms in total. The summed E-state index contributed by atoms with van der Waals surface area (Å²) in [5, 5.41) is 7.47. The molecule has 0 saturated carbocycles. The predicted octanol–water partition coefficient (Wildman–Crippen LogP) is 1.00. The molecule has 124 valence electrons. The number of likely N-dealkylation sites (N-methyl/N-ethyl adjacent to an activating group) is 1. The summed E-state index contributed by atoms with van der Waals surface area (Å²) in [6.45, 7) is 2.06. The molecule has 2 rings (SSSR count). The maximum absolute atomic E-state index is 12.2. The van der Waals surface area contributed by atoms with Crippen LogP contribution in [0.2, 0.25) is 0 Å². The summed E-state index contributed by atoms with van der Waals surface area (Å²) in [4.78, 5) is 38.8. The first-order valence-corrected chi connectivity index (χ1v) is 7.33. The zero-order valence-corrected chi connectivity index (χ0v) is 13.4. The number of nitrogens with one attached hydrogen (secondary N) is 3. The van der Waals surface area contributed by atoms with Crippen molar-refractivity contribution in [3.63, 3.8) is 0 Å². The highest BCUT2D eigenvalue weighted by Crippen LogP contribution is 2.12. The number of aryl methyl sites for hydroxylation is 1. The summed E-state index contributed by atoms with van der Waals surface area (Å²) >= 11 is 0. The Morgan fingerprint density at radius 2 is 1.75 bits per heavy atom. The summed E-state index contributed by atoms with van der Waals surface area (Å²) < 4.78 is 0. The maximum Gasteiger partial charge on any atom is 0.309 e. The number of aromatic nitrogens is 1. The van der Waals surface area contributed by atoms with Gasteiger partial charge < -0.3 is 16.0 Å². The Morgan fingerprint density at radius 1 is 1.04 bits per heavy atom. The summed E-state index contributed by atoms with van der Waals surface area (Å²) in [5.74, 6) is -1.15. The fourth-order valence-electron chi connectivity index (χ4n) is 1.95. The Kier molecular flexibility index (Phi) is 5.62. The van der Waals surface area contributed by atoms with Crippen LogP contribution in [-0.2, 0) is 16.1 Å². The topological polar surface area (TPSA) is 100 Å². The van der Waals surface area contributed by atoms with Crippen molar-refractivity contribution in [2.24, 2.45) is 0 Å². The predicted molar refractivity (Wildman–Crippen MR) is 89.3 cm³/mol. The molecule has 7 heteroatoms. The van der Waals surface area contributed by atoms with Crippen LogP contribution in [0, 0.1) is 6.92 Å². The lowest BCUT2D eigenvalue weighted by Gasteiger charge is -2.08. The van der Waals surface area contributed by atoms with Gasteiger partial charge in [0, 0.05) is 25.4 Å². The highest BCUT2D eigenvalue weighted by Gasteiger charge is 2.11. The monoisotopic (exact) mass is 326 g/mol. The molecular formula is C17H18N4O3. The minimum Gasteiger partial charge on any atom is -0.351 e. The van der Waals surface area contributed by atoms with Crippen molar-refractivity contribution in [2.45, 2.75) is 13.5 Å². The van der Waals surface area contributed by atoms with Crippen molar-refractivity contribution in [3.8, 4) is 0 Å². The second-order valence-corrected chi connectivity index (χ2v) is 5.08. The van der Waals surface area contributed by atoms with Crippen LogP contribution in [0.5, 0.6) is 0 Å². The molecule has 0 aliphatic carbocycles. The SMILES string of the molecule is CNC(=O)C(=O)NCc1ccc(C(=O)Nc2ncccc2C)cc1. The molecule has 0 radical (unpaired) electrons. The average Bonchev–Trinajstić information content (AvgIpc) is 2.61. The molecule has 24 heavy (non-hydrogen) atoms. The zero-order chi connectivity index (χ0) is 17.5. The lowest BCUT2D eigenvalue weighted by molar-refractivity contribution is -0.139. The second-order valence-electron chi connectivity index (χ2n) is 5.08. The number of nitrogens with zero attached hydrogens (tertiary/aromatic N) is 1. The Bertz CT molecular complexity index is 757. The second kappa shape index (κ2) is 7.87. The number of amides is 3. The third-order valence-corrected chi connectivity index (χ3v) is 3.34. The van der Waals surface area contributed by atoms with Crippen LogP contribution in [0.3, 0.4) is 0 Å². The van der Waals surface area contributed by atoms with E-state index >= 15 is 0 Å². The van der Waals surface area contributed by atoms with Gasteiger partial charge in [0.2, 0.25) is 0 Å². The fourth-order valence-corrected chi connectivity index (χ4v) is 1.95. The smallest absolute Gasteiger partial charge is 0.309 e. The molecule has 0 unspecified atom stereocenters. The van der Waals surface area contributed by atoms with Crippen LogP contribution in [0.25, 0.3) is 0 Å². The van der Waals surface area contributed by atoms with Crippen LogP contribution >= 0.6 is 0 Å². The zero-order valence-electron chi connectivity index (χ0n) is 13.4. The number of hydrogen-bond acceptors (Lipinski definition) is 4. The Balaban J connectivity index is 1.96. The lowest BCUT2D eigenvalue weighted by atomic mass is 10.1. The van der Waals surface area contributed by atoms with E-state index in [1.54, 1.807) is 36.5 Å². The summed E-state index contributed by atoms with van der Waals surface area (Å²) in [6.07, 6.45) is 1.61. The Labute approximate surface area is 139 Å². The highest BCUT2D eigenvalue weighted by atomic mass is 16.2. The molecule has 2 aromatic rings. The van der Waals surface area contributed by atoms with Crippen LogP contribution in [-0.4, -0.2) is 29.8 Å². The van der Waals surface area contributed by atoms with Gasteiger partial charge in [-0.1, -0.05) is 18.2 Å². The van der Waals surface area contributed by atoms with E-state index in [0.717, 1.165) is 11.1 Å². The molecule has 0 atom stereocenters. The number of hydrogen-bond donors (Lipinski definition) is 3. The molecule has 0 aliphatic heterocycles. The molecule has 0 spiro atoms. The first-order valence-electron chi connectivity index (χ1n) is 7.33. The van der Waals surface area contributed by atoms with Crippen LogP contribution in [0.4, 0.5) is 5.82 Å². The van der Waals surface area contributed by atoms with Gasteiger partial charge >= 0.3 is 11.8 Å². The van der Waals surface area contributed by atoms with Crippen molar-refractivity contribution in [2.75, 3.05) is 12.4 Å². The van der Waals surface area contributed by atoms with Gasteiger partial charge in [0.15, 0.2) is 0 Å². The average molecular weight is 326 g/mol. The third-order valence-electron chi connectivity index (χ3n) is 3.34. The van der Waals surface area contributed by atoms with Crippen molar-refractivity contribution in [1.29, 1.82) is 0 Å². The van der Waals surface area contributed by atoms with E-state index in [1.807, 2.05) is 13.0 Å². The van der Waals surface area contributed by atoms with Gasteiger partial charge in [-0.2, -0.15) is 0 Å². The molecule has 0 bridgehead atoms. The minimum atomic E-state index is -0.704. The minimum absolute atomic E-state index is 0.202. The third kappa shape index (κ3) is 4.39.